The molecule has 0 radical (unpaired) electrons. The zero-order valence-corrected chi connectivity index (χ0v) is 19.5. The molecule has 2 heterocycles. The predicted octanol–water partition coefficient (Wildman–Crippen LogP) is 5.80. The Labute approximate surface area is 195 Å². The van der Waals surface area contributed by atoms with Gasteiger partial charge in [-0.05, 0) is 63.5 Å². The van der Waals surface area contributed by atoms with Gasteiger partial charge in [0.15, 0.2) is 17.0 Å². The molecule has 31 heavy (non-hydrogen) atoms. The Kier molecular flexibility index (Phi) is 6.34. The van der Waals surface area contributed by atoms with E-state index in [0.717, 1.165) is 17.8 Å². The van der Waals surface area contributed by atoms with Gasteiger partial charge in [-0.1, -0.05) is 34.8 Å². The van der Waals surface area contributed by atoms with Gasteiger partial charge in [-0.3, -0.25) is 4.57 Å². The molecule has 0 fully saturated rings. The minimum atomic E-state index is 0.163. The lowest BCUT2D eigenvalue weighted by atomic mass is 10.2. The smallest absolute Gasteiger partial charge is 0.170 e. The fraction of sp³-hybridized carbons (Fsp3) is 0.227. The summed E-state index contributed by atoms with van der Waals surface area (Å²) in [5.74, 6) is 1.31. The molecule has 0 bridgehead atoms. The van der Waals surface area contributed by atoms with E-state index in [4.69, 9.17) is 39.8 Å². The Morgan fingerprint density at radius 3 is 2.39 bits per heavy atom. The standard InChI is InChI=1S/C22H21Cl3N6/c1-13(11-30(2)3)28-20-19-22(27-12-26-20)31(16-7-4-14(23)5-8-16)21(29-19)17-9-6-15(24)10-18(17)25/h4-10,12-13H,11H2,1-3H3,(H,26,27,28)/t13-/m1/s1. The Hall–Kier alpha value is -2.38. The first-order valence-electron chi connectivity index (χ1n) is 9.69. The molecule has 0 saturated heterocycles. The van der Waals surface area contributed by atoms with Gasteiger partial charge in [-0.25, -0.2) is 15.0 Å². The van der Waals surface area contributed by atoms with Crippen LogP contribution < -0.4 is 5.32 Å². The summed E-state index contributed by atoms with van der Waals surface area (Å²) in [5, 5.41) is 5.15. The summed E-state index contributed by atoms with van der Waals surface area (Å²) in [6.45, 7) is 2.94. The van der Waals surface area contributed by atoms with Crippen molar-refractivity contribution >= 4 is 51.8 Å². The van der Waals surface area contributed by atoms with E-state index in [1.165, 1.54) is 6.33 Å². The molecular formula is C22H21Cl3N6. The summed E-state index contributed by atoms with van der Waals surface area (Å²) in [6, 6.07) is 13.0. The fourth-order valence-corrected chi connectivity index (χ4v) is 4.13. The summed E-state index contributed by atoms with van der Waals surface area (Å²) in [5.41, 5.74) is 2.92. The highest BCUT2D eigenvalue weighted by molar-refractivity contribution is 6.36. The van der Waals surface area contributed by atoms with Crippen molar-refractivity contribution in [3.63, 3.8) is 0 Å². The average Bonchev–Trinajstić information content (AvgIpc) is 3.08. The van der Waals surface area contributed by atoms with E-state index in [2.05, 4.69) is 27.1 Å². The maximum Gasteiger partial charge on any atom is 0.170 e. The number of nitrogens with zero attached hydrogens (tertiary/aromatic N) is 5. The molecule has 0 aliphatic rings. The van der Waals surface area contributed by atoms with Crippen LogP contribution in [0.25, 0.3) is 28.2 Å². The zero-order chi connectivity index (χ0) is 22.1. The highest BCUT2D eigenvalue weighted by Crippen LogP contribution is 2.35. The van der Waals surface area contributed by atoms with Gasteiger partial charge in [0, 0.05) is 33.9 Å². The van der Waals surface area contributed by atoms with Crippen LogP contribution in [0.4, 0.5) is 5.82 Å². The van der Waals surface area contributed by atoms with Gasteiger partial charge in [0.1, 0.15) is 12.2 Å². The van der Waals surface area contributed by atoms with Crippen LogP contribution >= 0.6 is 34.8 Å². The van der Waals surface area contributed by atoms with Crippen LogP contribution in [0.1, 0.15) is 6.92 Å². The molecule has 160 valence electrons. The van der Waals surface area contributed by atoms with Gasteiger partial charge in [0.05, 0.1) is 5.02 Å². The number of benzene rings is 2. The molecule has 4 rings (SSSR count). The van der Waals surface area contributed by atoms with Crippen LogP contribution in [0.5, 0.6) is 0 Å². The molecule has 0 aliphatic heterocycles. The van der Waals surface area contributed by atoms with Crippen LogP contribution in [0.2, 0.25) is 15.1 Å². The maximum absolute atomic E-state index is 6.54. The molecular weight excluding hydrogens is 455 g/mol. The second kappa shape index (κ2) is 9.01. The summed E-state index contributed by atoms with van der Waals surface area (Å²) in [4.78, 5) is 16.0. The van der Waals surface area contributed by atoms with Gasteiger partial charge in [0.25, 0.3) is 0 Å². The number of anilines is 1. The Balaban J connectivity index is 1.93. The third-order valence-electron chi connectivity index (χ3n) is 4.72. The highest BCUT2D eigenvalue weighted by atomic mass is 35.5. The number of aromatic nitrogens is 4. The molecule has 4 aromatic rings. The SMILES string of the molecule is C[C@H](CN(C)C)Nc1ncnc2c1nc(-c1ccc(Cl)cc1Cl)n2-c1ccc(Cl)cc1. The molecule has 0 spiro atoms. The fourth-order valence-electron chi connectivity index (χ4n) is 3.51. The van der Waals surface area contributed by atoms with Crippen molar-refractivity contribution in [2.75, 3.05) is 26.0 Å². The topological polar surface area (TPSA) is 58.9 Å². The van der Waals surface area contributed by atoms with E-state index >= 15 is 0 Å². The Morgan fingerprint density at radius 2 is 1.71 bits per heavy atom. The van der Waals surface area contributed by atoms with Crippen LogP contribution in [-0.2, 0) is 0 Å². The monoisotopic (exact) mass is 474 g/mol. The average molecular weight is 476 g/mol. The minimum Gasteiger partial charge on any atom is -0.364 e. The van der Waals surface area contributed by atoms with Gasteiger partial charge >= 0.3 is 0 Å². The predicted molar refractivity (Wildman–Crippen MR) is 129 cm³/mol. The second-order valence-electron chi connectivity index (χ2n) is 7.57. The third kappa shape index (κ3) is 4.62. The molecule has 1 N–H and O–H groups in total. The van der Waals surface area contributed by atoms with Gasteiger partial charge in [-0.15, -0.1) is 0 Å². The zero-order valence-electron chi connectivity index (χ0n) is 17.3. The number of fused-ring (bicyclic) bond motifs is 1. The number of nitrogens with one attached hydrogen (secondary N) is 1. The van der Waals surface area contributed by atoms with E-state index in [9.17, 15) is 0 Å². The van der Waals surface area contributed by atoms with Crippen LogP contribution in [0.3, 0.4) is 0 Å². The molecule has 1 atom stereocenters. The molecule has 2 aromatic carbocycles. The first-order chi connectivity index (χ1) is 14.8. The van der Waals surface area contributed by atoms with Gasteiger partial charge in [-0.2, -0.15) is 0 Å². The quantitative estimate of drug-likeness (QED) is 0.382. The molecule has 0 amide bonds. The summed E-state index contributed by atoms with van der Waals surface area (Å²) in [7, 11) is 4.06. The number of likely N-dealkylation sites (N-methyl/N-ethyl adjacent to an activating group) is 1. The Morgan fingerprint density at radius 1 is 1.00 bits per heavy atom. The summed E-state index contributed by atoms with van der Waals surface area (Å²) in [6.07, 6.45) is 1.54. The number of hydrogen-bond acceptors (Lipinski definition) is 5. The van der Waals surface area contributed by atoms with Crippen molar-refractivity contribution in [2.24, 2.45) is 0 Å². The van der Waals surface area contributed by atoms with Crippen molar-refractivity contribution in [3.05, 3.63) is 63.9 Å². The number of halogens is 3. The van der Waals surface area contributed by atoms with Gasteiger partial charge < -0.3 is 10.2 Å². The summed E-state index contributed by atoms with van der Waals surface area (Å²) < 4.78 is 1.95. The van der Waals surface area contributed by atoms with Gasteiger partial charge in [0.2, 0.25) is 0 Å². The van der Waals surface area contributed by atoms with Crippen LogP contribution in [-0.4, -0.2) is 51.1 Å². The lowest BCUT2D eigenvalue weighted by Crippen LogP contribution is -2.30. The van der Waals surface area contributed by atoms with Crippen molar-refractivity contribution in [3.8, 4) is 17.1 Å². The lowest BCUT2D eigenvalue weighted by Gasteiger charge is -2.18. The summed E-state index contributed by atoms with van der Waals surface area (Å²) >= 11 is 18.8. The molecule has 0 unspecified atom stereocenters. The lowest BCUT2D eigenvalue weighted by molar-refractivity contribution is 0.392. The number of imidazole rings is 1. The molecule has 9 heteroatoms. The molecule has 0 saturated carbocycles. The molecule has 0 aliphatic carbocycles. The number of hydrogen-bond donors (Lipinski definition) is 1. The van der Waals surface area contributed by atoms with E-state index in [-0.39, 0.29) is 6.04 Å². The van der Waals surface area contributed by atoms with Crippen molar-refractivity contribution in [2.45, 2.75) is 13.0 Å². The third-order valence-corrected chi connectivity index (χ3v) is 5.52. The normalized spacial score (nSPS) is 12.5. The second-order valence-corrected chi connectivity index (χ2v) is 8.85. The van der Waals surface area contributed by atoms with Crippen molar-refractivity contribution in [1.29, 1.82) is 0 Å². The first kappa shape index (κ1) is 21.8. The van der Waals surface area contributed by atoms with Crippen LogP contribution in [0.15, 0.2) is 48.8 Å². The van der Waals surface area contributed by atoms with E-state index < -0.39 is 0 Å². The van der Waals surface area contributed by atoms with Crippen molar-refractivity contribution < 1.29 is 0 Å². The van der Waals surface area contributed by atoms with E-state index in [0.29, 0.717) is 37.9 Å². The first-order valence-corrected chi connectivity index (χ1v) is 10.8. The van der Waals surface area contributed by atoms with Crippen LogP contribution in [0, 0.1) is 0 Å². The molecule has 6 nitrogen and oxygen atoms in total. The number of rotatable bonds is 6. The van der Waals surface area contributed by atoms with E-state index in [1.54, 1.807) is 12.1 Å². The minimum absolute atomic E-state index is 0.163. The Bertz CT molecular complexity index is 1220. The highest BCUT2D eigenvalue weighted by Gasteiger charge is 2.21. The maximum atomic E-state index is 6.54. The van der Waals surface area contributed by atoms with Crippen molar-refractivity contribution in [1.82, 2.24) is 24.4 Å². The largest absolute Gasteiger partial charge is 0.364 e. The van der Waals surface area contributed by atoms with E-state index in [1.807, 2.05) is 49.0 Å². The molecule has 2 aromatic heterocycles.